The summed E-state index contributed by atoms with van der Waals surface area (Å²) in [5.74, 6) is 0.0638. The van der Waals surface area contributed by atoms with Crippen molar-refractivity contribution < 1.29 is 9.53 Å². The Morgan fingerprint density at radius 2 is 2.05 bits per heavy atom. The minimum Gasteiger partial charge on any atom is -0.467 e. The Morgan fingerprint density at radius 1 is 1.24 bits per heavy atom. The molecule has 8 nitrogen and oxygen atoms in total. The second kappa shape index (κ2) is 5.53. The third-order valence-electron chi connectivity index (χ3n) is 2.93. The van der Waals surface area contributed by atoms with Gasteiger partial charge in [0.15, 0.2) is 11.7 Å². The van der Waals surface area contributed by atoms with Gasteiger partial charge in [-0.3, -0.25) is 0 Å². The zero-order chi connectivity index (χ0) is 14.7. The number of hydrogen-bond donors (Lipinski definition) is 1. The summed E-state index contributed by atoms with van der Waals surface area (Å²) in [6, 6.07) is 12.0. The Balaban J connectivity index is 1.92. The number of carbonyl (C=O) groups excluding carboxylic acids is 1. The molecule has 1 atom stereocenters. The molecule has 1 N–H and O–H groups in total. The highest BCUT2D eigenvalue weighted by atomic mass is 16.5. The summed E-state index contributed by atoms with van der Waals surface area (Å²) in [5, 5.41) is 18.2. The number of nitrogens with one attached hydrogen (secondary N) is 1. The van der Waals surface area contributed by atoms with Crippen LogP contribution in [0.25, 0.3) is 5.65 Å². The Morgan fingerprint density at radius 3 is 2.81 bits per heavy atom. The number of benzene rings is 1. The summed E-state index contributed by atoms with van der Waals surface area (Å²) in [5.41, 5.74) is 1.30. The van der Waals surface area contributed by atoms with Gasteiger partial charge in [0.2, 0.25) is 0 Å². The molecule has 2 aromatic heterocycles. The lowest BCUT2D eigenvalue weighted by Crippen LogP contribution is -2.23. The van der Waals surface area contributed by atoms with Gasteiger partial charge in [-0.05, 0) is 28.1 Å². The van der Waals surface area contributed by atoms with Crippen molar-refractivity contribution >= 4 is 17.4 Å². The van der Waals surface area contributed by atoms with Gasteiger partial charge in [0.25, 0.3) is 0 Å². The third-order valence-corrected chi connectivity index (χ3v) is 2.93. The van der Waals surface area contributed by atoms with E-state index in [2.05, 4.69) is 25.9 Å². The van der Waals surface area contributed by atoms with Crippen LogP contribution in [-0.2, 0) is 9.53 Å². The summed E-state index contributed by atoms with van der Waals surface area (Å²) < 4.78 is 6.11. The highest BCUT2D eigenvalue weighted by Gasteiger charge is 2.21. The minimum absolute atomic E-state index is 0.403. The predicted molar refractivity (Wildman–Crippen MR) is 73.4 cm³/mol. The molecule has 21 heavy (non-hydrogen) atoms. The van der Waals surface area contributed by atoms with E-state index in [1.54, 1.807) is 12.1 Å². The lowest BCUT2D eigenvalue weighted by Gasteiger charge is -2.17. The van der Waals surface area contributed by atoms with Gasteiger partial charge in [-0.15, -0.1) is 14.8 Å². The number of tetrazole rings is 1. The van der Waals surface area contributed by atoms with E-state index >= 15 is 0 Å². The number of methoxy groups -OCH3 is 1. The molecule has 1 unspecified atom stereocenters. The van der Waals surface area contributed by atoms with E-state index < -0.39 is 12.0 Å². The number of nitrogens with zero attached hydrogens (tertiary/aromatic N) is 5. The van der Waals surface area contributed by atoms with E-state index in [1.165, 1.54) is 11.7 Å². The Bertz CT molecular complexity index is 757. The highest BCUT2D eigenvalue weighted by Crippen LogP contribution is 2.19. The molecule has 3 aromatic rings. The summed E-state index contributed by atoms with van der Waals surface area (Å²) in [4.78, 5) is 12.0. The van der Waals surface area contributed by atoms with Crippen molar-refractivity contribution in [1.82, 2.24) is 25.3 Å². The smallest absolute Gasteiger partial charge is 0.333 e. The number of anilines is 1. The van der Waals surface area contributed by atoms with Crippen LogP contribution >= 0.6 is 0 Å². The fourth-order valence-electron chi connectivity index (χ4n) is 1.92. The van der Waals surface area contributed by atoms with Crippen molar-refractivity contribution in [1.29, 1.82) is 0 Å². The molecule has 0 aliphatic heterocycles. The predicted octanol–water partition coefficient (Wildman–Crippen LogP) is 0.845. The largest absolute Gasteiger partial charge is 0.467 e. The molecular weight excluding hydrogens is 272 g/mol. The molecular formula is C13H12N6O2. The lowest BCUT2D eigenvalue weighted by molar-refractivity contribution is -0.141. The van der Waals surface area contributed by atoms with E-state index in [0.29, 0.717) is 11.5 Å². The van der Waals surface area contributed by atoms with Gasteiger partial charge in [0, 0.05) is 0 Å². The molecule has 0 fully saturated rings. The quantitative estimate of drug-likeness (QED) is 0.709. The molecule has 0 saturated heterocycles. The fourth-order valence-corrected chi connectivity index (χ4v) is 1.92. The van der Waals surface area contributed by atoms with Gasteiger partial charge >= 0.3 is 5.97 Å². The molecule has 8 heteroatoms. The summed E-state index contributed by atoms with van der Waals surface area (Å²) in [7, 11) is 1.35. The van der Waals surface area contributed by atoms with E-state index in [9.17, 15) is 4.79 Å². The number of ether oxygens (including phenoxy) is 1. The van der Waals surface area contributed by atoms with E-state index in [0.717, 1.165) is 5.56 Å². The van der Waals surface area contributed by atoms with Crippen LogP contribution in [0.15, 0.2) is 42.5 Å². The van der Waals surface area contributed by atoms with Crippen LogP contribution in [0.5, 0.6) is 0 Å². The topological polar surface area (TPSA) is 94.3 Å². The van der Waals surface area contributed by atoms with Crippen LogP contribution in [0, 0.1) is 0 Å². The first-order valence-electron chi connectivity index (χ1n) is 6.22. The van der Waals surface area contributed by atoms with Crippen molar-refractivity contribution in [3.8, 4) is 0 Å². The molecule has 0 spiro atoms. The van der Waals surface area contributed by atoms with E-state index in [4.69, 9.17) is 4.74 Å². The maximum absolute atomic E-state index is 12.0. The molecule has 1 aromatic carbocycles. The number of esters is 1. The summed E-state index contributed by atoms with van der Waals surface area (Å²) >= 11 is 0. The van der Waals surface area contributed by atoms with Crippen molar-refractivity contribution in [2.24, 2.45) is 0 Å². The Labute approximate surface area is 119 Å². The van der Waals surface area contributed by atoms with Crippen LogP contribution in [0.3, 0.4) is 0 Å². The molecule has 2 heterocycles. The van der Waals surface area contributed by atoms with E-state index in [1.807, 2.05) is 30.3 Å². The summed E-state index contributed by atoms with van der Waals surface area (Å²) in [6.07, 6.45) is 0. The number of carbonyl (C=O) groups is 1. The first-order chi connectivity index (χ1) is 10.3. The maximum atomic E-state index is 12.0. The zero-order valence-corrected chi connectivity index (χ0v) is 11.2. The van der Waals surface area contributed by atoms with Crippen molar-refractivity contribution in [2.75, 3.05) is 12.4 Å². The maximum Gasteiger partial charge on any atom is 0.333 e. The zero-order valence-electron chi connectivity index (χ0n) is 11.2. The van der Waals surface area contributed by atoms with Crippen LogP contribution in [0.1, 0.15) is 11.6 Å². The highest BCUT2D eigenvalue weighted by molar-refractivity contribution is 5.80. The van der Waals surface area contributed by atoms with Crippen LogP contribution in [0.2, 0.25) is 0 Å². The standard InChI is InChI=1S/C13H12N6O2/c1-21-13(20)12(9-5-3-2-4-6-9)14-10-7-8-11-15-17-18-19(11)16-10/h2-8,12H,1H3,(H,14,16). The number of rotatable bonds is 4. The molecule has 0 aliphatic carbocycles. The lowest BCUT2D eigenvalue weighted by atomic mass is 10.1. The van der Waals surface area contributed by atoms with Crippen LogP contribution in [0.4, 0.5) is 5.82 Å². The Kier molecular flexibility index (Phi) is 3.42. The Hall–Kier alpha value is -3.03. The van der Waals surface area contributed by atoms with Gasteiger partial charge < -0.3 is 10.1 Å². The fraction of sp³-hybridized carbons (Fsp3) is 0.154. The molecule has 0 radical (unpaired) electrons. The van der Waals surface area contributed by atoms with Crippen molar-refractivity contribution in [3.05, 3.63) is 48.0 Å². The first kappa shape index (κ1) is 13.0. The number of hydrogen-bond acceptors (Lipinski definition) is 7. The second-order valence-corrected chi connectivity index (χ2v) is 4.26. The number of aromatic nitrogens is 5. The van der Waals surface area contributed by atoms with Gasteiger partial charge in [-0.25, -0.2) is 4.79 Å². The van der Waals surface area contributed by atoms with Gasteiger partial charge in [-0.2, -0.15) is 0 Å². The molecule has 0 amide bonds. The molecule has 3 rings (SSSR count). The average Bonchev–Trinajstić information content (AvgIpc) is 3.00. The third kappa shape index (κ3) is 2.64. The minimum atomic E-state index is -0.655. The van der Waals surface area contributed by atoms with Crippen LogP contribution in [-0.4, -0.2) is 38.3 Å². The SMILES string of the molecule is COC(=O)C(Nc1ccc2nnnn2n1)c1ccccc1. The molecule has 106 valence electrons. The van der Waals surface area contributed by atoms with Crippen LogP contribution < -0.4 is 5.32 Å². The number of fused-ring (bicyclic) bond motifs is 1. The monoisotopic (exact) mass is 284 g/mol. The van der Waals surface area contributed by atoms with Gasteiger partial charge in [0.05, 0.1) is 7.11 Å². The second-order valence-electron chi connectivity index (χ2n) is 4.26. The molecule has 0 bridgehead atoms. The summed E-state index contributed by atoms with van der Waals surface area (Å²) in [6.45, 7) is 0. The van der Waals surface area contributed by atoms with Gasteiger partial charge in [-0.1, -0.05) is 30.3 Å². The molecule has 0 saturated carbocycles. The van der Waals surface area contributed by atoms with Crippen molar-refractivity contribution in [3.63, 3.8) is 0 Å². The van der Waals surface area contributed by atoms with E-state index in [-0.39, 0.29) is 0 Å². The van der Waals surface area contributed by atoms with Gasteiger partial charge in [0.1, 0.15) is 5.82 Å². The van der Waals surface area contributed by atoms with Crippen molar-refractivity contribution in [2.45, 2.75) is 6.04 Å². The first-order valence-corrected chi connectivity index (χ1v) is 6.22. The average molecular weight is 284 g/mol. The normalized spacial score (nSPS) is 12.0. The molecule has 0 aliphatic rings.